The van der Waals surface area contributed by atoms with Gasteiger partial charge in [0.25, 0.3) is 0 Å². The minimum Gasteiger partial charge on any atom is -0.507 e. The molecule has 76 valence electrons. The van der Waals surface area contributed by atoms with Gasteiger partial charge in [-0.3, -0.25) is 4.79 Å². The fourth-order valence-electron chi connectivity index (χ4n) is 1.25. The molecule has 0 aromatic heterocycles. The Bertz CT molecular complexity index is 385. The molecule has 0 radical (unpaired) electrons. The van der Waals surface area contributed by atoms with Crippen LogP contribution in [0.15, 0.2) is 6.07 Å². The van der Waals surface area contributed by atoms with E-state index in [2.05, 4.69) is 0 Å². The van der Waals surface area contributed by atoms with Gasteiger partial charge in [-0.05, 0) is 25.5 Å². The van der Waals surface area contributed by atoms with Crippen molar-refractivity contribution >= 4 is 17.4 Å². The number of hydrogen-bond acceptors (Lipinski definition) is 3. The molecule has 0 atom stereocenters. The molecule has 1 aromatic carbocycles. The first-order valence-electron chi connectivity index (χ1n) is 4.10. The summed E-state index contributed by atoms with van der Waals surface area (Å²) in [5, 5.41) is 19.0. The van der Waals surface area contributed by atoms with Crippen LogP contribution in [0.5, 0.6) is 11.5 Å². The minimum absolute atomic E-state index is 0.00798. The van der Waals surface area contributed by atoms with Gasteiger partial charge in [0.1, 0.15) is 11.5 Å². The molecule has 0 spiro atoms. The van der Waals surface area contributed by atoms with Crippen molar-refractivity contribution in [1.82, 2.24) is 0 Å². The number of aryl methyl sites for hydroxylation is 1. The smallest absolute Gasteiger partial charge is 0.181 e. The summed E-state index contributed by atoms with van der Waals surface area (Å²) in [5.41, 5.74) is 1.01. The van der Waals surface area contributed by atoms with E-state index in [0.29, 0.717) is 11.1 Å². The number of aromatic hydroxyl groups is 2. The largest absolute Gasteiger partial charge is 0.507 e. The van der Waals surface area contributed by atoms with Gasteiger partial charge in [-0.2, -0.15) is 0 Å². The van der Waals surface area contributed by atoms with Crippen LogP contribution >= 0.6 is 11.6 Å². The van der Waals surface area contributed by atoms with E-state index in [4.69, 9.17) is 11.6 Å². The second kappa shape index (κ2) is 3.88. The van der Waals surface area contributed by atoms with Gasteiger partial charge < -0.3 is 10.2 Å². The van der Waals surface area contributed by atoms with E-state index in [1.54, 1.807) is 13.8 Å². The monoisotopic (exact) mass is 214 g/mol. The van der Waals surface area contributed by atoms with E-state index in [1.807, 2.05) is 0 Å². The number of carbonyl (C=O) groups excluding carboxylic acids is 1. The van der Waals surface area contributed by atoms with Crippen molar-refractivity contribution in [2.24, 2.45) is 0 Å². The molecule has 3 nitrogen and oxygen atoms in total. The summed E-state index contributed by atoms with van der Waals surface area (Å²) in [4.78, 5) is 11.3. The Labute approximate surface area is 86.9 Å². The average molecular weight is 215 g/mol. The molecule has 0 aliphatic carbocycles. The zero-order valence-electron chi connectivity index (χ0n) is 7.97. The molecular weight excluding hydrogens is 204 g/mol. The van der Waals surface area contributed by atoms with Gasteiger partial charge in [0.05, 0.1) is 11.4 Å². The summed E-state index contributed by atoms with van der Waals surface area (Å²) in [6.07, 6.45) is 0. The standard InChI is InChI=1S/C10H11ClO3/c1-5-3-7(8(12)4-11)10(14)6(2)9(5)13/h3,13-14H,4H2,1-2H3. The second-order valence-electron chi connectivity index (χ2n) is 3.12. The molecule has 0 amide bonds. The molecule has 0 saturated heterocycles. The highest BCUT2D eigenvalue weighted by molar-refractivity contribution is 6.30. The van der Waals surface area contributed by atoms with Crippen molar-refractivity contribution in [2.75, 3.05) is 5.88 Å². The van der Waals surface area contributed by atoms with Crippen LogP contribution in [0, 0.1) is 13.8 Å². The maximum absolute atomic E-state index is 11.3. The molecule has 1 aromatic rings. The average Bonchev–Trinajstić information content (AvgIpc) is 2.19. The van der Waals surface area contributed by atoms with E-state index in [-0.39, 0.29) is 28.7 Å². The number of alkyl halides is 1. The lowest BCUT2D eigenvalue weighted by atomic mass is 10.0. The van der Waals surface area contributed by atoms with Gasteiger partial charge in [0, 0.05) is 5.56 Å². The lowest BCUT2D eigenvalue weighted by molar-refractivity contribution is 0.101. The molecule has 0 bridgehead atoms. The van der Waals surface area contributed by atoms with Crippen molar-refractivity contribution < 1.29 is 15.0 Å². The third kappa shape index (κ3) is 1.68. The van der Waals surface area contributed by atoms with E-state index in [0.717, 1.165) is 0 Å². The summed E-state index contributed by atoms with van der Waals surface area (Å²) in [6, 6.07) is 1.43. The zero-order valence-corrected chi connectivity index (χ0v) is 8.72. The lowest BCUT2D eigenvalue weighted by Gasteiger charge is -2.09. The number of halogens is 1. The normalized spacial score (nSPS) is 10.2. The summed E-state index contributed by atoms with van der Waals surface area (Å²) in [6.45, 7) is 3.20. The van der Waals surface area contributed by atoms with E-state index >= 15 is 0 Å². The van der Waals surface area contributed by atoms with Crippen LogP contribution in [0.2, 0.25) is 0 Å². The predicted octanol–water partition coefficient (Wildman–Crippen LogP) is 2.14. The topological polar surface area (TPSA) is 57.5 Å². The highest BCUT2D eigenvalue weighted by atomic mass is 35.5. The van der Waals surface area contributed by atoms with Crippen molar-refractivity contribution in [1.29, 1.82) is 0 Å². The second-order valence-corrected chi connectivity index (χ2v) is 3.39. The van der Waals surface area contributed by atoms with Crippen molar-refractivity contribution in [3.63, 3.8) is 0 Å². The van der Waals surface area contributed by atoms with Crippen LogP contribution in [-0.4, -0.2) is 21.9 Å². The first-order valence-corrected chi connectivity index (χ1v) is 4.63. The number of ketones is 1. The van der Waals surface area contributed by atoms with E-state index in [9.17, 15) is 15.0 Å². The first-order chi connectivity index (χ1) is 6.49. The Morgan fingerprint density at radius 3 is 2.43 bits per heavy atom. The fourth-order valence-corrected chi connectivity index (χ4v) is 1.39. The summed E-state index contributed by atoms with van der Waals surface area (Å²) in [7, 11) is 0. The Morgan fingerprint density at radius 1 is 1.36 bits per heavy atom. The molecular formula is C10H11ClO3. The fraction of sp³-hybridized carbons (Fsp3) is 0.300. The molecule has 4 heteroatoms. The maximum Gasteiger partial charge on any atom is 0.181 e. The van der Waals surface area contributed by atoms with Gasteiger partial charge in [-0.15, -0.1) is 11.6 Å². The van der Waals surface area contributed by atoms with Crippen molar-refractivity contribution in [2.45, 2.75) is 13.8 Å². The molecule has 1 rings (SSSR count). The van der Waals surface area contributed by atoms with Crippen LogP contribution < -0.4 is 0 Å². The molecule has 0 saturated carbocycles. The molecule has 14 heavy (non-hydrogen) atoms. The Kier molecular flexibility index (Phi) is 3.01. The minimum atomic E-state index is -0.352. The SMILES string of the molecule is Cc1cc(C(=O)CCl)c(O)c(C)c1O. The van der Waals surface area contributed by atoms with Crippen LogP contribution in [0.1, 0.15) is 21.5 Å². The van der Waals surface area contributed by atoms with Gasteiger partial charge in [0.2, 0.25) is 0 Å². The molecule has 0 aliphatic rings. The molecule has 2 N–H and O–H groups in total. The molecule has 0 fully saturated rings. The predicted molar refractivity (Wildman–Crippen MR) is 54.3 cm³/mol. The van der Waals surface area contributed by atoms with Crippen molar-refractivity contribution in [3.05, 3.63) is 22.8 Å². The Hall–Kier alpha value is -1.22. The number of phenolic OH excluding ortho intramolecular Hbond substituents is 2. The lowest BCUT2D eigenvalue weighted by Crippen LogP contribution is -2.02. The number of phenols is 2. The van der Waals surface area contributed by atoms with Gasteiger partial charge in [-0.25, -0.2) is 0 Å². The first kappa shape index (κ1) is 10.9. The molecule has 0 unspecified atom stereocenters. The Morgan fingerprint density at radius 2 is 1.93 bits per heavy atom. The van der Waals surface area contributed by atoms with Crippen LogP contribution in [0.3, 0.4) is 0 Å². The Balaban J connectivity index is 3.40. The van der Waals surface area contributed by atoms with Gasteiger partial charge in [0.15, 0.2) is 5.78 Å². The summed E-state index contributed by atoms with van der Waals surface area (Å²) in [5.74, 6) is -0.722. The highest BCUT2D eigenvalue weighted by Crippen LogP contribution is 2.33. The molecule has 0 aliphatic heterocycles. The summed E-state index contributed by atoms with van der Waals surface area (Å²) < 4.78 is 0. The summed E-state index contributed by atoms with van der Waals surface area (Å²) >= 11 is 5.38. The maximum atomic E-state index is 11.3. The van der Waals surface area contributed by atoms with Crippen LogP contribution in [0.4, 0.5) is 0 Å². The van der Waals surface area contributed by atoms with Gasteiger partial charge in [-0.1, -0.05) is 0 Å². The zero-order chi connectivity index (χ0) is 10.9. The number of rotatable bonds is 2. The van der Waals surface area contributed by atoms with Gasteiger partial charge >= 0.3 is 0 Å². The van der Waals surface area contributed by atoms with Crippen molar-refractivity contribution in [3.8, 4) is 11.5 Å². The third-order valence-corrected chi connectivity index (χ3v) is 2.36. The molecule has 0 heterocycles. The third-order valence-electron chi connectivity index (χ3n) is 2.12. The quantitative estimate of drug-likeness (QED) is 0.586. The number of benzene rings is 1. The highest BCUT2D eigenvalue weighted by Gasteiger charge is 2.16. The van der Waals surface area contributed by atoms with E-state index in [1.165, 1.54) is 6.07 Å². The van der Waals surface area contributed by atoms with Crippen LogP contribution in [0.25, 0.3) is 0 Å². The number of hydrogen-bond donors (Lipinski definition) is 2. The number of Topliss-reactive ketones (excluding diaryl/α,β-unsaturated/α-hetero) is 1. The van der Waals surface area contributed by atoms with Crippen LogP contribution in [-0.2, 0) is 0 Å². The van der Waals surface area contributed by atoms with E-state index < -0.39 is 0 Å². The number of carbonyl (C=O) groups is 1.